The maximum atomic E-state index is 5.28. The molecule has 3 heteroatoms. The Bertz CT molecular complexity index is 310. The van der Waals surface area contributed by atoms with Gasteiger partial charge in [-0.15, -0.1) is 0 Å². The molecule has 3 nitrogen and oxygen atoms in total. The molecule has 1 aromatic carbocycles. The molecular formula is C11H17N3. The zero-order valence-electron chi connectivity index (χ0n) is 8.70. The molecule has 0 aliphatic carbocycles. The zero-order valence-corrected chi connectivity index (χ0v) is 8.70. The quantitative estimate of drug-likeness (QED) is 0.567. The van der Waals surface area contributed by atoms with Crippen LogP contribution in [-0.4, -0.2) is 5.96 Å². The SMILES string of the molecule is CCC(C)c1ccc(N=C(N)N)cc1. The normalized spacial score (nSPS) is 12.1. The smallest absolute Gasteiger partial charge is 0.191 e. The molecule has 76 valence electrons. The van der Waals surface area contributed by atoms with Crippen molar-refractivity contribution in [2.24, 2.45) is 16.5 Å². The highest BCUT2D eigenvalue weighted by molar-refractivity contribution is 5.78. The van der Waals surface area contributed by atoms with Crippen molar-refractivity contribution in [2.75, 3.05) is 0 Å². The Kier molecular flexibility index (Phi) is 3.51. The molecule has 0 bridgehead atoms. The minimum atomic E-state index is 0.0984. The molecular weight excluding hydrogens is 174 g/mol. The van der Waals surface area contributed by atoms with E-state index >= 15 is 0 Å². The second-order valence-corrected chi connectivity index (χ2v) is 3.44. The third kappa shape index (κ3) is 2.76. The van der Waals surface area contributed by atoms with E-state index in [4.69, 9.17) is 11.5 Å². The van der Waals surface area contributed by atoms with Crippen molar-refractivity contribution < 1.29 is 0 Å². The molecule has 0 spiro atoms. The van der Waals surface area contributed by atoms with E-state index in [1.807, 2.05) is 12.1 Å². The van der Waals surface area contributed by atoms with Crippen LogP contribution in [0.25, 0.3) is 0 Å². The highest BCUT2D eigenvalue weighted by Gasteiger charge is 2.01. The Hall–Kier alpha value is -1.51. The number of rotatable bonds is 3. The summed E-state index contributed by atoms with van der Waals surface area (Å²) >= 11 is 0. The molecule has 1 aromatic rings. The zero-order chi connectivity index (χ0) is 10.6. The lowest BCUT2D eigenvalue weighted by molar-refractivity contribution is 0.734. The number of hydrogen-bond acceptors (Lipinski definition) is 1. The fourth-order valence-corrected chi connectivity index (χ4v) is 1.26. The molecule has 0 heterocycles. The van der Waals surface area contributed by atoms with Gasteiger partial charge in [0.25, 0.3) is 0 Å². The molecule has 0 radical (unpaired) electrons. The highest BCUT2D eigenvalue weighted by Crippen LogP contribution is 2.21. The van der Waals surface area contributed by atoms with Crippen molar-refractivity contribution in [3.63, 3.8) is 0 Å². The lowest BCUT2D eigenvalue weighted by atomic mass is 9.99. The molecule has 0 aromatic heterocycles. The van der Waals surface area contributed by atoms with E-state index in [1.165, 1.54) is 5.56 Å². The summed E-state index contributed by atoms with van der Waals surface area (Å²) in [4.78, 5) is 3.96. The first-order valence-electron chi connectivity index (χ1n) is 4.83. The van der Waals surface area contributed by atoms with Gasteiger partial charge in [0.1, 0.15) is 0 Å². The minimum Gasteiger partial charge on any atom is -0.370 e. The third-order valence-electron chi connectivity index (χ3n) is 2.33. The lowest BCUT2D eigenvalue weighted by Crippen LogP contribution is -2.21. The fraction of sp³-hybridized carbons (Fsp3) is 0.364. The topological polar surface area (TPSA) is 64.4 Å². The second-order valence-electron chi connectivity index (χ2n) is 3.44. The summed E-state index contributed by atoms with van der Waals surface area (Å²) in [5.74, 6) is 0.685. The van der Waals surface area contributed by atoms with Gasteiger partial charge in [-0.25, -0.2) is 4.99 Å². The highest BCUT2D eigenvalue weighted by atomic mass is 15.0. The van der Waals surface area contributed by atoms with Crippen LogP contribution in [0.2, 0.25) is 0 Å². The predicted molar refractivity (Wildman–Crippen MR) is 60.6 cm³/mol. The van der Waals surface area contributed by atoms with Gasteiger partial charge < -0.3 is 11.5 Å². The predicted octanol–water partition coefficient (Wildman–Crippen LogP) is 2.10. The first-order valence-corrected chi connectivity index (χ1v) is 4.83. The molecule has 0 amide bonds. The van der Waals surface area contributed by atoms with E-state index in [1.54, 1.807) is 0 Å². The van der Waals surface area contributed by atoms with Crippen LogP contribution in [0.3, 0.4) is 0 Å². The Morgan fingerprint density at radius 3 is 2.29 bits per heavy atom. The molecule has 1 atom stereocenters. The third-order valence-corrected chi connectivity index (χ3v) is 2.33. The summed E-state index contributed by atoms with van der Waals surface area (Å²) in [7, 11) is 0. The summed E-state index contributed by atoms with van der Waals surface area (Å²) < 4.78 is 0. The molecule has 0 aliphatic rings. The maximum Gasteiger partial charge on any atom is 0.191 e. The van der Waals surface area contributed by atoms with E-state index in [-0.39, 0.29) is 5.96 Å². The van der Waals surface area contributed by atoms with E-state index < -0.39 is 0 Å². The van der Waals surface area contributed by atoms with Crippen molar-refractivity contribution in [1.82, 2.24) is 0 Å². The van der Waals surface area contributed by atoms with Crippen molar-refractivity contribution >= 4 is 11.6 Å². The van der Waals surface area contributed by atoms with E-state index in [0.717, 1.165) is 12.1 Å². The first kappa shape index (κ1) is 10.6. The Labute approximate surface area is 84.8 Å². The van der Waals surface area contributed by atoms with Gasteiger partial charge in [0.15, 0.2) is 5.96 Å². The minimum absolute atomic E-state index is 0.0984. The second kappa shape index (κ2) is 4.65. The largest absolute Gasteiger partial charge is 0.370 e. The van der Waals surface area contributed by atoms with Crippen LogP contribution in [0, 0.1) is 0 Å². The number of guanidine groups is 1. The lowest BCUT2D eigenvalue weighted by Gasteiger charge is -2.08. The van der Waals surface area contributed by atoms with Crippen LogP contribution in [0.5, 0.6) is 0 Å². The number of nitrogens with zero attached hydrogens (tertiary/aromatic N) is 1. The van der Waals surface area contributed by atoms with Crippen LogP contribution >= 0.6 is 0 Å². The molecule has 1 unspecified atom stereocenters. The molecule has 4 N–H and O–H groups in total. The summed E-state index contributed by atoms with van der Waals surface area (Å²) in [6, 6.07) is 7.99. The van der Waals surface area contributed by atoms with Gasteiger partial charge in [-0.2, -0.15) is 0 Å². The Morgan fingerprint density at radius 2 is 1.86 bits per heavy atom. The van der Waals surface area contributed by atoms with Crippen LogP contribution in [-0.2, 0) is 0 Å². The molecule has 0 aliphatic heterocycles. The van der Waals surface area contributed by atoms with Crippen molar-refractivity contribution in [3.05, 3.63) is 29.8 Å². The average Bonchev–Trinajstić information content (AvgIpc) is 2.17. The summed E-state index contributed by atoms with van der Waals surface area (Å²) in [5, 5.41) is 0. The van der Waals surface area contributed by atoms with Gasteiger partial charge in [-0.1, -0.05) is 26.0 Å². The van der Waals surface area contributed by atoms with Crippen LogP contribution in [0.15, 0.2) is 29.3 Å². The molecule has 14 heavy (non-hydrogen) atoms. The fourth-order valence-electron chi connectivity index (χ4n) is 1.26. The summed E-state index contributed by atoms with van der Waals surface area (Å²) in [6.07, 6.45) is 1.14. The van der Waals surface area contributed by atoms with Gasteiger partial charge in [-0.05, 0) is 30.0 Å². The van der Waals surface area contributed by atoms with Crippen LogP contribution in [0.4, 0.5) is 5.69 Å². The summed E-state index contributed by atoms with van der Waals surface area (Å²) in [5.41, 5.74) is 12.7. The van der Waals surface area contributed by atoms with E-state index in [0.29, 0.717) is 5.92 Å². The van der Waals surface area contributed by atoms with Gasteiger partial charge in [0, 0.05) is 0 Å². The Balaban J connectivity index is 2.84. The maximum absolute atomic E-state index is 5.28. The number of benzene rings is 1. The molecule has 1 rings (SSSR count). The number of aliphatic imine (C=N–C) groups is 1. The van der Waals surface area contributed by atoms with Crippen LogP contribution in [0.1, 0.15) is 31.7 Å². The first-order chi connectivity index (χ1) is 6.63. The van der Waals surface area contributed by atoms with Crippen molar-refractivity contribution in [3.8, 4) is 0 Å². The average molecular weight is 191 g/mol. The molecule has 0 saturated carbocycles. The molecule has 0 fully saturated rings. The Morgan fingerprint density at radius 1 is 1.29 bits per heavy atom. The molecule has 0 saturated heterocycles. The standard InChI is InChI=1S/C11H17N3/c1-3-8(2)9-4-6-10(7-5-9)14-11(12)13/h4-8H,3H2,1-2H3,(H4,12,13,14). The van der Waals surface area contributed by atoms with Crippen LogP contribution < -0.4 is 11.5 Å². The van der Waals surface area contributed by atoms with E-state index in [2.05, 4.69) is 31.0 Å². The monoisotopic (exact) mass is 191 g/mol. The number of hydrogen-bond donors (Lipinski definition) is 2. The van der Waals surface area contributed by atoms with Gasteiger partial charge >= 0.3 is 0 Å². The van der Waals surface area contributed by atoms with Crippen molar-refractivity contribution in [2.45, 2.75) is 26.2 Å². The van der Waals surface area contributed by atoms with Gasteiger partial charge in [-0.3, -0.25) is 0 Å². The summed E-state index contributed by atoms with van der Waals surface area (Å²) in [6.45, 7) is 4.38. The van der Waals surface area contributed by atoms with E-state index in [9.17, 15) is 0 Å². The van der Waals surface area contributed by atoms with Gasteiger partial charge in [0.05, 0.1) is 5.69 Å². The number of nitrogens with two attached hydrogens (primary N) is 2. The van der Waals surface area contributed by atoms with Gasteiger partial charge in [0.2, 0.25) is 0 Å². The van der Waals surface area contributed by atoms with Crippen molar-refractivity contribution in [1.29, 1.82) is 0 Å².